The van der Waals surface area contributed by atoms with Crippen molar-refractivity contribution in [2.45, 2.75) is 0 Å². The zero-order valence-corrected chi connectivity index (χ0v) is 10.7. The number of hydrogen-bond donors (Lipinski definition) is 2. The first-order valence-corrected chi connectivity index (χ1v) is 6.41. The molecule has 0 spiro atoms. The van der Waals surface area contributed by atoms with Gasteiger partial charge in [0.2, 0.25) is 0 Å². The third-order valence-electron chi connectivity index (χ3n) is 3.65. The number of halogens is 1. The van der Waals surface area contributed by atoms with E-state index >= 15 is 0 Å². The van der Waals surface area contributed by atoms with Gasteiger partial charge in [0.05, 0.1) is 16.8 Å². The minimum atomic E-state index is -0.434. The summed E-state index contributed by atoms with van der Waals surface area (Å²) in [5.41, 5.74) is 2.90. The second-order valence-corrected chi connectivity index (χ2v) is 4.89. The van der Waals surface area contributed by atoms with Gasteiger partial charge in [-0.05, 0) is 24.3 Å². The summed E-state index contributed by atoms with van der Waals surface area (Å²) in [6.45, 7) is 0. The van der Waals surface area contributed by atoms with Gasteiger partial charge in [0, 0.05) is 16.8 Å². The summed E-state index contributed by atoms with van der Waals surface area (Å²) in [7, 11) is 0. The minimum Gasteiger partial charge on any atom is -0.321 e. The molecule has 2 N–H and O–H groups in total. The van der Waals surface area contributed by atoms with Crippen LogP contribution in [0.15, 0.2) is 42.5 Å². The Morgan fingerprint density at radius 2 is 1.38 bits per heavy atom. The molecular weight excluding hydrogens is 271 g/mol. The summed E-state index contributed by atoms with van der Waals surface area (Å²) in [6.07, 6.45) is 0. The summed E-state index contributed by atoms with van der Waals surface area (Å²) < 4.78 is 13.3. The third-order valence-corrected chi connectivity index (χ3v) is 3.65. The SMILES string of the molecule is O=C1Nc2ccccc2/C1=C1\C(=O)Nc2cc(F)ccc21. The van der Waals surface area contributed by atoms with E-state index < -0.39 is 11.7 Å². The Morgan fingerprint density at radius 3 is 2.14 bits per heavy atom. The van der Waals surface area contributed by atoms with Gasteiger partial charge in [-0.15, -0.1) is 0 Å². The second kappa shape index (κ2) is 4.02. The van der Waals surface area contributed by atoms with Gasteiger partial charge < -0.3 is 10.6 Å². The van der Waals surface area contributed by atoms with Crippen LogP contribution in [0.1, 0.15) is 11.1 Å². The molecule has 0 aliphatic carbocycles. The van der Waals surface area contributed by atoms with E-state index in [1.165, 1.54) is 18.2 Å². The molecule has 4 nitrogen and oxygen atoms in total. The van der Waals surface area contributed by atoms with Gasteiger partial charge in [-0.2, -0.15) is 0 Å². The summed E-state index contributed by atoms with van der Waals surface area (Å²) >= 11 is 0. The number of nitrogens with one attached hydrogen (secondary N) is 2. The highest BCUT2D eigenvalue weighted by Gasteiger charge is 2.35. The predicted molar refractivity (Wildman–Crippen MR) is 76.9 cm³/mol. The normalized spacial score (nSPS) is 19.1. The summed E-state index contributed by atoms with van der Waals surface area (Å²) in [5, 5.41) is 5.34. The van der Waals surface area contributed by atoms with Crippen LogP contribution in [-0.4, -0.2) is 11.8 Å². The fraction of sp³-hybridized carbons (Fsp3) is 0. The van der Waals surface area contributed by atoms with Gasteiger partial charge in [0.15, 0.2) is 0 Å². The van der Waals surface area contributed by atoms with Gasteiger partial charge in [-0.3, -0.25) is 9.59 Å². The molecule has 0 aromatic heterocycles. The summed E-state index contributed by atoms with van der Waals surface area (Å²) in [6, 6.07) is 11.2. The molecule has 0 fully saturated rings. The van der Waals surface area contributed by atoms with E-state index in [0.717, 1.165) is 0 Å². The highest BCUT2D eigenvalue weighted by Crippen LogP contribution is 2.42. The van der Waals surface area contributed by atoms with Crippen LogP contribution < -0.4 is 10.6 Å². The first-order chi connectivity index (χ1) is 10.1. The largest absolute Gasteiger partial charge is 0.321 e. The zero-order chi connectivity index (χ0) is 14.6. The maximum atomic E-state index is 13.3. The molecule has 2 aliphatic heterocycles. The van der Waals surface area contributed by atoms with Crippen molar-refractivity contribution in [3.8, 4) is 0 Å². The Labute approximate surface area is 119 Å². The number of rotatable bonds is 0. The molecule has 0 unspecified atom stereocenters. The Kier molecular flexibility index (Phi) is 2.27. The molecule has 2 amide bonds. The average molecular weight is 280 g/mol. The first-order valence-electron chi connectivity index (χ1n) is 6.41. The van der Waals surface area contributed by atoms with Gasteiger partial charge in [0.25, 0.3) is 11.8 Å². The molecule has 2 aromatic rings. The van der Waals surface area contributed by atoms with Crippen molar-refractivity contribution in [2.75, 3.05) is 10.6 Å². The van der Waals surface area contributed by atoms with E-state index in [2.05, 4.69) is 10.6 Å². The van der Waals surface area contributed by atoms with Crippen LogP contribution in [0.4, 0.5) is 15.8 Å². The van der Waals surface area contributed by atoms with E-state index in [0.29, 0.717) is 28.1 Å². The van der Waals surface area contributed by atoms with Crippen molar-refractivity contribution >= 4 is 34.3 Å². The number of fused-ring (bicyclic) bond motifs is 2. The molecule has 2 aromatic carbocycles. The molecule has 21 heavy (non-hydrogen) atoms. The van der Waals surface area contributed by atoms with Crippen molar-refractivity contribution in [3.05, 3.63) is 59.4 Å². The molecule has 2 aliphatic rings. The smallest absolute Gasteiger partial charge is 0.257 e. The number of anilines is 2. The zero-order valence-electron chi connectivity index (χ0n) is 10.7. The van der Waals surface area contributed by atoms with Gasteiger partial charge in [0.1, 0.15) is 5.82 Å². The fourth-order valence-electron chi connectivity index (χ4n) is 2.76. The number of carbonyl (C=O) groups excluding carboxylic acids is 2. The van der Waals surface area contributed by atoms with Crippen molar-refractivity contribution in [1.82, 2.24) is 0 Å². The van der Waals surface area contributed by atoms with Crippen LogP contribution in [0.3, 0.4) is 0 Å². The Hall–Kier alpha value is -2.95. The van der Waals surface area contributed by atoms with Gasteiger partial charge in [-0.1, -0.05) is 18.2 Å². The highest BCUT2D eigenvalue weighted by molar-refractivity contribution is 6.49. The molecule has 2 heterocycles. The lowest BCUT2D eigenvalue weighted by Gasteiger charge is -2.02. The number of para-hydroxylation sites is 1. The number of carbonyl (C=O) groups is 2. The predicted octanol–water partition coefficient (Wildman–Crippen LogP) is 2.64. The number of benzene rings is 2. The van der Waals surface area contributed by atoms with Gasteiger partial charge in [-0.25, -0.2) is 4.39 Å². The number of amides is 2. The lowest BCUT2D eigenvalue weighted by Crippen LogP contribution is -2.10. The fourth-order valence-corrected chi connectivity index (χ4v) is 2.76. The molecule has 0 saturated carbocycles. The van der Waals surface area contributed by atoms with E-state index in [1.807, 2.05) is 6.07 Å². The molecule has 0 bridgehead atoms. The lowest BCUT2D eigenvalue weighted by molar-refractivity contribution is -0.112. The van der Waals surface area contributed by atoms with Crippen LogP contribution in [0.2, 0.25) is 0 Å². The summed E-state index contributed by atoms with van der Waals surface area (Å²) in [4.78, 5) is 24.4. The summed E-state index contributed by atoms with van der Waals surface area (Å²) in [5.74, 6) is -1.15. The molecular formula is C16H9FN2O2. The molecule has 102 valence electrons. The topological polar surface area (TPSA) is 58.2 Å². The van der Waals surface area contributed by atoms with Crippen LogP contribution in [0.25, 0.3) is 11.1 Å². The maximum absolute atomic E-state index is 13.3. The van der Waals surface area contributed by atoms with Crippen molar-refractivity contribution in [1.29, 1.82) is 0 Å². The quantitative estimate of drug-likeness (QED) is 0.729. The lowest BCUT2D eigenvalue weighted by atomic mass is 9.96. The van der Waals surface area contributed by atoms with Crippen molar-refractivity contribution in [2.24, 2.45) is 0 Å². The molecule has 5 heteroatoms. The monoisotopic (exact) mass is 280 g/mol. The first kappa shape index (κ1) is 11.8. The molecule has 0 radical (unpaired) electrons. The highest BCUT2D eigenvalue weighted by atomic mass is 19.1. The third kappa shape index (κ3) is 1.61. The molecule has 4 rings (SSSR count). The van der Waals surface area contributed by atoms with Crippen LogP contribution in [-0.2, 0) is 9.59 Å². The Balaban J connectivity index is 2.02. The molecule has 0 atom stereocenters. The maximum Gasteiger partial charge on any atom is 0.257 e. The minimum absolute atomic E-state index is 0.285. The van der Waals surface area contributed by atoms with E-state index in [4.69, 9.17) is 0 Å². The standard InChI is InChI=1S/C16H9FN2O2/c17-8-5-6-10-12(7-8)19-16(21)14(10)13-9-3-1-2-4-11(9)18-15(13)20/h1-7H,(H,18,20)(H,19,21)/b14-13+. The Bertz CT molecular complexity index is 855. The van der Waals surface area contributed by atoms with E-state index in [-0.39, 0.29) is 11.5 Å². The molecule has 0 saturated heterocycles. The van der Waals surface area contributed by atoms with Crippen LogP contribution in [0.5, 0.6) is 0 Å². The van der Waals surface area contributed by atoms with Crippen molar-refractivity contribution in [3.63, 3.8) is 0 Å². The van der Waals surface area contributed by atoms with Gasteiger partial charge >= 0.3 is 0 Å². The van der Waals surface area contributed by atoms with E-state index in [9.17, 15) is 14.0 Å². The Morgan fingerprint density at radius 1 is 0.762 bits per heavy atom. The second-order valence-electron chi connectivity index (χ2n) is 4.89. The van der Waals surface area contributed by atoms with E-state index in [1.54, 1.807) is 18.2 Å². The average Bonchev–Trinajstić information content (AvgIpc) is 2.93. The van der Waals surface area contributed by atoms with Crippen molar-refractivity contribution < 1.29 is 14.0 Å². The number of hydrogen-bond acceptors (Lipinski definition) is 2. The van der Waals surface area contributed by atoms with Crippen LogP contribution >= 0.6 is 0 Å². The van der Waals surface area contributed by atoms with Crippen LogP contribution in [0, 0.1) is 5.82 Å².